The summed E-state index contributed by atoms with van der Waals surface area (Å²) in [5.41, 5.74) is 5.05. The Morgan fingerprint density at radius 2 is 2.36 bits per heavy atom. The van der Waals surface area contributed by atoms with Gasteiger partial charge in [0, 0.05) is 11.8 Å². The minimum Gasteiger partial charge on any atom is -0.369 e. The number of aromatic amines is 1. The van der Waals surface area contributed by atoms with Gasteiger partial charge in [-0.25, -0.2) is 0 Å². The van der Waals surface area contributed by atoms with Crippen LogP contribution in [0, 0.1) is 0 Å². The summed E-state index contributed by atoms with van der Waals surface area (Å²) in [6.45, 7) is 0. The van der Waals surface area contributed by atoms with E-state index >= 15 is 0 Å². The Balaban J connectivity index is 2.95. The van der Waals surface area contributed by atoms with E-state index in [9.17, 15) is 9.59 Å². The van der Waals surface area contributed by atoms with Gasteiger partial charge < -0.3 is 10.7 Å². The van der Waals surface area contributed by atoms with Gasteiger partial charge in [-0.1, -0.05) is 6.07 Å². The van der Waals surface area contributed by atoms with Crippen LogP contribution in [0.5, 0.6) is 0 Å². The van der Waals surface area contributed by atoms with Crippen LogP contribution < -0.4 is 11.3 Å². The van der Waals surface area contributed by atoms with Crippen LogP contribution in [0.3, 0.4) is 0 Å². The molecule has 0 saturated heterocycles. The molecule has 0 aromatic carbocycles. The Bertz CT molecular complexity index is 316. The number of hydrogen-bond acceptors (Lipinski definition) is 2. The summed E-state index contributed by atoms with van der Waals surface area (Å²) in [7, 11) is 0. The van der Waals surface area contributed by atoms with Gasteiger partial charge >= 0.3 is 0 Å². The molecule has 4 nitrogen and oxygen atoms in total. The number of primary amides is 1. The highest BCUT2D eigenvalue weighted by atomic mass is 16.1. The summed E-state index contributed by atoms with van der Waals surface area (Å²) in [4.78, 5) is 23.7. The second-order valence-corrected chi connectivity index (χ2v) is 2.17. The smallest absolute Gasteiger partial charge is 0.251 e. The van der Waals surface area contributed by atoms with E-state index in [2.05, 4.69) is 4.98 Å². The molecule has 0 unspecified atom stereocenters. The first kappa shape index (κ1) is 7.53. The molecule has 1 amide bonds. The molecular formula is C7H8N2O2. The predicted molar refractivity (Wildman–Crippen MR) is 40.0 cm³/mol. The van der Waals surface area contributed by atoms with E-state index < -0.39 is 5.91 Å². The van der Waals surface area contributed by atoms with Crippen molar-refractivity contribution in [3.8, 4) is 0 Å². The fourth-order valence-corrected chi connectivity index (χ4v) is 0.783. The van der Waals surface area contributed by atoms with Crippen LogP contribution in [0.4, 0.5) is 0 Å². The second kappa shape index (κ2) is 3.01. The van der Waals surface area contributed by atoms with Crippen molar-refractivity contribution in [2.45, 2.75) is 6.42 Å². The van der Waals surface area contributed by atoms with E-state index in [4.69, 9.17) is 5.73 Å². The molecule has 0 bridgehead atoms. The van der Waals surface area contributed by atoms with Crippen molar-refractivity contribution >= 4 is 5.91 Å². The number of nitrogens with two attached hydrogens (primary N) is 1. The summed E-state index contributed by atoms with van der Waals surface area (Å²) in [5, 5.41) is 0. The van der Waals surface area contributed by atoms with Crippen molar-refractivity contribution in [3.05, 3.63) is 34.2 Å². The monoisotopic (exact) mass is 152 g/mol. The van der Waals surface area contributed by atoms with Crippen LogP contribution in [-0.2, 0) is 11.2 Å². The molecule has 4 heteroatoms. The Hall–Kier alpha value is -1.58. The Kier molecular flexibility index (Phi) is 2.06. The number of pyridine rings is 1. The Labute approximate surface area is 63.0 Å². The van der Waals surface area contributed by atoms with Gasteiger partial charge in [-0.2, -0.15) is 0 Å². The second-order valence-electron chi connectivity index (χ2n) is 2.17. The lowest BCUT2D eigenvalue weighted by Gasteiger charge is -1.92. The fraction of sp³-hybridized carbons (Fsp3) is 0.143. The first-order valence-electron chi connectivity index (χ1n) is 3.15. The molecule has 0 aliphatic heterocycles. The van der Waals surface area contributed by atoms with E-state index in [0.717, 1.165) is 0 Å². The van der Waals surface area contributed by atoms with Gasteiger partial charge in [0.2, 0.25) is 5.91 Å². The molecule has 1 rings (SSSR count). The van der Waals surface area contributed by atoms with E-state index in [1.165, 1.54) is 6.20 Å². The van der Waals surface area contributed by atoms with Crippen LogP contribution in [-0.4, -0.2) is 10.9 Å². The lowest BCUT2D eigenvalue weighted by atomic mass is 10.2. The highest BCUT2D eigenvalue weighted by Crippen LogP contribution is 1.88. The molecule has 1 heterocycles. The normalized spacial score (nSPS) is 9.45. The van der Waals surface area contributed by atoms with Gasteiger partial charge in [-0.15, -0.1) is 0 Å². The van der Waals surface area contributed by atoms with Crippen molar-refractivity contribution < 1.29 is 4.79 Å². The van der Waals surface area contributed by atoms with Crippen molar-refractivity contribution in [2.24, 2.45) is 5.73 Å². The Morgan fingerprint density at radius 1 is 1.64 bits per heavy atom. The maximum absolute atomic E-state index is 10.9. The minimum atomic E-state index is -0.498. The third kappa shape index (κ3) is 1.93. The molecule has 0 fully saturated rings. The Morgan fingerprint density at radius 3 is 2.91 bits per heavy atom. The molecule has 0 aliphatic carbocycles. The predicted octanol–water partition coefficient (Wildman–Crippen LogP) is -0.597. The van der Waals surface area contributed by atoms with Gasteiger partial charge in [0.1, 0.15) is 0 Å². The fourth-order valence-electron chi connectivity index (χ4n) is 0.783. The van der Waals surface area contributed by atoms with Gasteiger partial charge in [0.15, 0.2) is 0 Å². The standard InChI is InChI=1S/C7H8N2O2/c8-6(10)4-5-2-1-3-9-7(5)11/h1-3H,4H2,(H2,8,10)(H,9,11). The number of nitrogens with one attached hydrogen (secondary N) is 1. The van der Waals surface area contributed by atoms with Crippen LogP contribution in [0.25, 0.3) is 0 Å². The quantitative estimate of drug-likeness (QED) is 0.593. The topological polar surface area (TPSA) is 76.0 Å². The summed E-state index contributed by atoms with van der Waals surface area (Å²) in [6, 6.07) is 3.23. The first-order valence-corrected chi connectivity index (χ1v) is 3.15. The molecule has 0 atom stereocenters. The van der Waals surface area contributed by atoms with Crippen LogP contribution in [0.15, 0.2) is 23.1 Å². The third-order valence-electron chi connectivity index (χ3n) is 1.26. The number of carbonyl (C=O) groups excluding carboxylic acids is 1. The van der Waals surface area contributed by atoms with Gasteiger partial charge in [0.25, 0.3) is 5.56 Å². The first-order chi connectivity index (χ1) is 5.20. The van der Waals surface area contributed by atoms with E-state index in [1.54, 1.807) is 12.1 Å². The molecule has 0 radical (unpaired) electrons. The van der Waals surface area contributed by atoms with Crippen molar-refractivity contribution in [1.82, 2.24) is 4.98 Å². The third-order valence-corrected chi connectivity index (χ3v) is 1.26. The zero-order valence-electron chi connectivity index (χ0n) is 5.83. The minimum absolute atomic E-state index is 0.00380. The van der Waals surface area contributed by atoms with Crippen LogP contribution in [0.1, 0.15) is 5.56 Å². The van der Waals surface area contributed by atoms with Crippen molar-refractivity contribution in [1.29, 1.82) is 0 Å². The van der Waals surface area contributed by atoms with E-state index in [0.29, 0.717) is 5.56 Å². The summed E-state index contributed by atoms with van der Waals surface area (Å²) < 4.78 is 0. The average molecular weight is 152 g/mol. The molecule has 0 saturated carbocycles. The van der Waals surface area contributed by atoms with Crippen molar-refractivity contribution in [3.63, 3.8) is 0 Å². The molecule has 11 heavy (non-hydrogen) atoms. The molecule has 3 N–H and O–H groups in total. The van der Waals surface area contributed by atoms with Crippen LogP contribution >= 0.6 is 0 Å². The lowest BCUT2D eigenvalue weighted by Crippen LogP contribution is -2.20. The van der Waals surface area contributed by atoms with Crippen molar-refractivity contribution in [2.75, 3.05) is 0 Å². The zero-order chi connectivity index (χ0) is 8.27. The SMILES string of the molecule is NC(=O)Cc1ccc[nH]c1=O. The van der Waals surface area contributed by atoms with E-state index in [-0.39, 0.29) is 12.0 Å². The van der Waals surface area contributed by atoms with Crippen LogP contribution in [0.2, 0.25) is 0 Å². The number of rotatable bonds is 2. The molecule has 1 aromatic heterocycles. The maximum Gasteiger partial charge on any atom is 0.251 e. The molecule has 0 spiro atoms. The highest BCUT2D eigenvalue weighted by molar-refractivity contribution is 5.76. The summed E-state index contributed by atoms with van der Waals surface area (Å²) >= 11 is 0. The summed E-state index contributed by atoms with van der Waals surface area (Å²) in [6.07, 6.45) is 1.50. The highest BCUT2D eigenvalue weighted by Gasteiger charge is 2.00. The summed E-state index contributed by atoms with van der Waals surface area (Å²) in [5.74, 6) is -0.498. The number of amides is 1. The van der Waals surface area contributed by atoms with E-state index in [1.807, 2.05) is 0 Å². The number of aromatic nitrogens is 1. The zero-order valence-corrected chi connectivity index (χ0v) is 5.83. The van der Waals surface area contributed by atoms with Gasteiger partial charge in [-0.3, -0.25) is 9.59 Å². The molecule has 1 aromatic rings. The maximum atomic E-state index is 10.9. The molecule has 0 aliphatic rings. The number of hydrogen-bond donors (Lipinski definition) is 2. The number of carbonyl (C=O) groups is 1. The van der Waals surface area contributed by atoms with Gasteiger partial charge in [0.05, 0.1) is 6.42 Å². The molecular weight excluding hydrogens is 144 g/mol. The average Bonchev–Trinajstić information content (AvgIpc) is 1.93. The lowest BCUT2D eigenvalue weighted by molar-refractivity contribution is -0.117. The largest absolute Gasteiger partial charge is 0.369 e. The number of H-pyrrole nitrogens is 1. The van der Waals surface area contributed by atoms with Gasteiger partial charge in [-0.05, 0) is 6.07 Å². The molecule has 58 valence electrons.